The van der Waals surface area contributed by atoms with Crippen LogP contribution in [0.4, 0.5) is 14.5 Å². The summed E-state index contributed by atoms with van der Waals surface area (Å²) in [6, 6.07) is 5.67. The minimum absolute atomic E-state index is 0.0776. The molecule has 0 bridgehead atoms. The number of hydrogen-bond acceptors (Lipinski definition) is 6. The quantitative estimate of drug-likeness (QED) is 0.274. The number of nitro groups is 1. The Morgan fingerprint density at radius 2 is 1.88 bits per heavy atom. The van der Waals surface area contributed by atoms with Gasteiger partial charge in [0.15, 0.2) is 11.6 Å². The van der Waals surface area contributed by atoms with Gasteiger partial charge in [-0.15, -0.1) is 0 Å². The molecule has 176 valence electrons. The molecule has 0 aliphatic carbocycles. The lowest BCUT2D eigenvalue weighted by molar-refractivity contribution is -0.385. The Kier molecular flexibility index (Phi) is 7.03. The van der Waals surface area contributed by atoms with Crippen LogP contribution in [0.2, 0.25) is 0 Å². The number of nitrogens with one attached hydrogen (secondary N) is 2. The number of nitrogens with zero attached hydrogens (tertiary/aromatic N) is 3. The van der Waals surface area contributed by atoms with Crippen molar-refractivity contribution in [1.82, 2.24) is 19.6 Å². The van der Waals surface area contributed by atoms with Crippen molar-refractivity contribution in [3.63, 3.8) is 0 Å². The van der Waals surface area contributed by atoms with Crippen LogP contribution in [0.25, 0.3) is 11.0 Å². The molecule has 3 rings (SSSR count). The summed E-state index contributed by atoms with van der Waals surface area (Å²) in [5, 5.41) is 13.5. The van der Waals surface area contributed by atoms with E-state index in [1.54, 1.807) is 13.8 Å². The Bertz CT molecular complexity index is 1310. The number of rotatable bonds is 9. The van der Waals surface area contributed by atoms with E-state index in [9.17, 15) is 32.1 Å². The summed E-state index contributed by atoms with van der Waals surface area (Å²) < 4.78 is 55.6. The Morgan fingerprint density at radius 1 is 1.18 bits per heavy atom. The normalized spacial score (nSPS) is 12.8. The fraction of sp³-hybridized carbons (Fsp3) is 0.300. The molecule has 1 atom stereocenters. The largest absolute Gasteiger partial charge is 0.353 e. The monoisotopic (exact) mass is 481 g/mol. The molecule has 2 aromatic carbocycles. The van der Waals surface area contributed by atoms with Gasteiger partial charge in [0.1, 0.15) is 6.04 Å². The van der Waals surface area contributed by atoms with E-state index in [-0.39, 0.29) is 40.6 Å². The molecular weight excluding hydrogens is 460 g/mol. The Labute approximate surface area is 187 Å². The van der Waals surface area contributed by atoms with Crippen molar-refractivity contribution in [2.75, 3.05) is 13.1 Å². The molecule has 1 heterocycles. The van der Waals surface area contributed by atoms with E-state index in [1.165, 1.54) is 29.1 Å². The molecule has 10 nitrogen and oxygen atoms in total. The Hall–Kier alpha value is -3.45. The van der Waals surface area contributed by atoms with Gasteiger partial charge in [0.2, 0.25) is 15.9 Å². The maximum atomic E-state index is 13.7. The van der Waals surface area contributed by atoms with Crippen molar-refractivity contribution in [2.45, 2.75) is 24.8 Å². The number of aromatic nitrogens is 2. The van der Waals surface area contributed by atoms with Crippen LogP contribution < -0.4 is 10.0 Å². The highest BCUT2D eigenvalue weighted by molar-refractivity contribution is 7.89. The standard InChI is InChI=1S/C20H21F2N5O5S/c1-12(2)19(26-11-24-17-9-15(21)16(22)10-18(17)26)20(28)23-6-7-25-33(31,32)14-5-3-4-13(8-14)27(29)30/h3-5,8-12,19,25H,6-7H2,1-2H3,(H,23,28). The van der Waals surface area contributed by atoms with Crippen molar-refractivity contribution in [1.29, 1.82) is 0 Å². The smallest absolute Gasteiger partial charge is 0.270 e. The lowest BCUT2D eigenvalue weighted by Gasteiger charge is -2.22. The van der Waals surface area contributed by atoms with E-state index in [0.29, 0.717) is 0 Å². The summed E-state index contributed by atoms with van der Waals surface area (Å²) in [6.07, 6.45) is 1.32. The average molecular weight is 481 g/mol. The molecule has 33 heavy (non-hydrogen) atoms. The van der Waals surface area contributed by atoms with Crippen LogP contribution >= 0.6 is 0 Å². The van der Waals surface area contributed by atoms with E-state index >= 15 is 0 Å². The molecule has 0 spiro atoms. The molecule has 0 aliphatic rings. The molecule has 0 saturated heterocycles. The van der Waals surface area contributed by atoms with Gasteiger partial charge in [-0.1, -0.05) is 19.9 Å². The molecule has 0 aliphatic heterocycles. The van der Waals surface area contributed by atoms with Crippen LogP contribution in [0.5, 0.6) is 0 Å². The predicted octanol–water partition coefficient (Wildman–Crippen LogP) is 2.51. The maximum absolute atomic E-state index is 13.7. The number of halogens is 2. The second kappa shape index (κ2) is 9.58. The molecule has 1 unspecified atom stereocenters. The topological polar surface area (TPSA) is 136 Å². The van der Waals surface area contributed by atoms with Gasteiger partial charge in [-0.05, 0) is 12.0 Å². The van der Waals surface area contributed by atoms with Crippen LogP contribution in [-0.4, -0.2) is 41.9 Å². The SMILES string of the molecule is CC(C)C(C(=O)NCCNS(=O)(=O)c1cccc([N+](=O)[O-])c1)n1cnc2cc(F)c(F)cc21. The second-order valence-corrected chi connectivity index (χ2v) is 9.31. The minimum Gasteiger partial charge on any atom is -0.353 e. The van der Waals surface area contributed by atoms with Crippen LogP contribution in [0.1, 0.15) is 19.9 Å². The summed E-state index contributed by atoms with van der Waals surface area (Å²) in [5.74, 6) is -2.84. The Balaban J connectivity index is 1.67. The molecule has 0 fully saturated rings. The highest BCUT2D eigenvalue weighted by Gasteiger charge is 2.26. The van der Waals surface area contributed by atoms with Gasteiger partial charge in [-0.25, -0.2) is 26.9 Å². The number of nitro benzene ring substituents is 1. The number of fused-ring (bicyclic) bond motifs is 1. The van der Waals surface area contributed by atoms with Gasteiger partial charge in [0.05, 0.1) is 27.2 Å². The maximum Gasteiger partial charge on any atom is 0.270 e. The van der Waals surface area contributed by atoms with Crippen LogP contribution in [0, 0.1) is 27.7 Å². The molecule has 0 saturated carbocycles. The van der Waals surface area contributed by atoms with Crippen molar-refractivity contribution < 1.29 is 26.9 Å². The summed E-state index contributed by atoms with van der Waals surface area (Å²) in [4.78, 5) is 26.7. The first-order valence-electron chi connectivity index (χ1n) is 9.84. The Morgan fingerprint density at radius 3 is 2.55 bits per heavy atom. The minimum atomic E-state index is -4.03. The number of amides is 1. The van der Waals surface area contributed by atoms with Gasteiger partial charge >= 0.3 is 0 Å². The molecular formula is C20H21F2N5O5S. The van der Waals surface area contributed by atoms with Gasteiger partial charge in [-0.3, -0.25) is 14.9 Å². The third-order valence-electron chi connectivity index (χ3n) is 4.87. The number of carbonyl (C=O) groups is 1. The summed E-state index contributed by atoms with van der Waals surface area (Å²) >= 11 is 0. The van der Waals surface area contributed by atoms with E-state index in [2.05, 4.69) is 15.0 Å². The molecule has 1 aromatic heterocycles. The number of imidazole rings is 1. The molecule has 2 N–H and O–H groups in total. The van der Waals surface area contributed by atoms with Gasteiger partial charge in [-0.2, -0.15) is 0 Å². The van der Waals surface area contributed by atoms with Crippen LogP contribution in [0.3, 0.4) is 0 Å². The summed E-state index contributed by atoms with van der Waals surface area (Å²) in [5.41, 5.74) is 0.0704. The molecule has 1 amide bonds. The zero-order chi connectivity index (χ0) is 24.3. The first-order valence-corrected chi connectivity index (χ1v) is 11.3. The third-order valence-corrected chi connectivity index (χ3v) is 6.33. The van der Waals surface area contributed by atoms with E-state index in [0.717, 1.165) is 18.2 Å². The van der Waals surface area contributed by atoms with Crippen LogP contribution in [-0.2, 0) is 14.8 Å². The number of sulfonamides is 1. The fourth-order valence-electron chi connectivity index (χ4n) is 3.32. The highest BCUT2D eigenvalue weighted by Crippen LogP contribution is 2.25. The molecule has 3 aromatic rings. The zero-order valence-corrected chi connectivity index (χ0v) is 18.5. The predicted molar refractivity (Wildman–Crippen MR) is 115 cm³/mol. The van der Waals surface area contributed by atoms with Crippen molar-refractivity contribution in [3.8, 4) is 0 Å². The van der Waals surface area contributed by atoms with Gasteiger partial charge in [0.25, 0.3) is 5.69 Å². The van der Waals surface area contributed by atoms with Crippen molar-refractivity contribution >= 4 is 32.7 Å². The zero-order valence-electron chi connectivity index (χ0n) is 17.7. The third kappa shape index (κ3) is 5.31. The van der Waals surface area contributed by atoms with Crippen molar-refractivity contribution in [3.05, 3.63) is 64.5 Å². The number of carbonyl (C=O) groups excluding carboxylic acids is 1. The fourth-order valence-corrected chi connectivity index (χ4v) is 4.39. The average Bonchev–Trinajstić information content (AvgIpc) is 3.13. The number of non-ortho nitro benzene ring substituents is 1. The summed E-state index contributed by atoms with van der Waals surface area (Å²) in [7, 11) is -4.03. The lowest BCUT2D eigenvalue weighted by atomic mass is 10.0. The number of benzene rings is 2. The van der Waals surface area contributed by atoms with Crippen LogP contribution in [0.15, 0.2) is 47.6 Å². The van der Waals surface area contributed by atoms with Gasteiger partial charge < -0.3 is 9.88 Å². The molecule has 0 radical (unpaired) electrons. The number of hydrogen-bond donors (Lipinski definition) is 2. The van der Waals surface area contributed by atoms with Crippen molar-refractivity contribution in [2.24, 2.45) is 5.92 Å². The van der Waals surface area contributed by atoms with E-state index in [1.807, 2.05) is 0 Å². The first-order chi connectivity index (χ1) is 15.5. The first kappa shape index (κ1) is 24.2. The molecule has 13 heteroatoms. The highest BCUT2D eigenvalue weighted by atomic mass is 32.2. The van der Waals surface area contributed by atoms with E-state index in [4.69, 9.17) is 0 Å². The summed E-state index contributed by atoms with van der Waals surface area (Å²) in [6.45, 7) is 3.28. The van der Waals surface area contributed by atoms with E-state index < -0.39 is 38.5 Å². The second-order valence-electron chi connectivity index (χ2n) is 7.54. The lowest BCUT2D eigenvalue weighted by Crippen LogP contribution is -2.39. The van der Waals surface area contributed by atoms with Gasteiger partial charge in [0, 0.05) is 37.4 Å².